The number of fused-ring (bicyclic) bond motifs is 2. The van der Waals surface area contributed by atoms with Gasteiger partial charge in [0.25, 0.3) is 0 Å². The first-order valence-corrected chi connectivity index (χ1v) is 14.3. The summed E-state index contributed by atoms with van der Waals surface area (Å²) in [4.78, 5) is 30.8. The lowest BCUT2D eigenvalue weighted by Gasteiger charge is -2.38. The van der Waals surface area contributed by atoms with Gasteiger partial charge in [0, 0.05) is 68.0 Å². The number of benzene rings is 2. The van der Waals surface area contributed by atoms with E-state index in [1.54, 1.807) is 6.07 Å². The summed E-state index contributed by atoms with van der Waals surface area (Å²) >= 11 is 0. The lowest BCUT2D eigenvalue weighted by atomic mass is 10.0. The van der Waals surface area contributed by atoms with Gasteiger partial charge in [-0.3, -0.25) is 9.69 Å². The Morgan fingerprint density at radius 1 is 1.12 bits per heavy atom. The van der Waals surface area contributed by atoms with E-state index in [4.69, 9.17) is 14.7 Å². The first kappa shape index (κ1) is 26.4. The smallest absolute Gasteiger partial charge is 0.318 e. The largest absolute Gasteiger partial charge is 0.508 e. The van der Waals surface area contributed by atoms with Crippen LogP contribution in [-0.4, -0.2) is 89.7 Å². The molecule has 3 aliphatic rings. The molecule has 0 radical (unpaired) electrons. The van der Waals surface area contributed by atoms with Crippen LogP contribution in [0, 0.1) is 5.92 Å². The molecule has 2 atom stereocenters. The predicted molar refractivity (Wildman–Crippen MR) is 157 cm³/mol. The Balaban J connectivity index is 1.31. The predicted octanol–water partition coefficient (Wildman–Crippen LogP) is 3.45. The maximum absolute atomic E-state index is 12.2. The standard InChI is InChI=1S/C31H38N6O3/c1-4-29(39)35-11-13-36(14-12-35)30-26-9-10-37(28-17-24(38)16-22-7-5-6-8-25(22)28)19-27(26)32-31(33-30)40-20-23-15-21(2)18-34(23)3/h4-8,16-17,21,23,38H,1,9-15,18-20H2,2-3H3/t21-,23+/m1/s1. The van der Waals surface area contributed by atoms with Crippen LogP contribution < -0.4 is 14.5 Å². The van der Waals surface area contributed by atoms with Crippen molar-refractivity contribution in [3.05, 3.63) is 60.3 Å². The van der Waals surface area contributed by atoms with Gasteiger partial charge in [0.05, 0.1) is 12.2 Å². The van der Waals surface area contributed by atoms with Gasteiger partial charge in [-0.1, -0.05) is 37.8 Å². The van der Waals surface area contributed by atoms with Crippen LogP contribution in [0.15, 0.2) is 49.1 Å². The summed E-state index contributed by atoms with van der Waals surface area (Å²) < 4.78 is 6.29. The number of phenolic OH excluding ortho intramolecular Hbond substituents is 1. The van der Waals surface area contributed by atoms with Crippen molar-refractivity contribution in [1.82, 2.24) is 19.8 Å². The number of rotatable bonds is 6. The zero-order chi connectivity index (χ0) is 27.8. The molecule has 2 aromatic carbocycles. The van der Waals surface area contributed by atoms with Crippen molar-refractivity contribution in [2.75, 3.05) is 62.7 Å². The molecule has 6 rings (SSSR count). The minimum absolute atomic E-state index is 0.0303. The van der Waals surface area contributed by atoms with E-state index in [1.807, 2.05) is 29.2 Å². The van der Waals surface area contributed by atoms with E-state index in [1.165, 1.54) is 6.08 Å². The molecule has 210 valence electrons. The number of aromatic hydroxyl groups is 1. The summed E-state index contributed by atoms with van der Waals surface area (Å²) in [6.07, 6.45) is 3.27. The van der Waals surface area contributed by atoms with Crippen LogP contribution in [0.4, 0.5) is 11.5 Å². The van der Waals surface area contributed by atoms with Crippen molar-refractivity contribution in [2.24, 2.45) is 5.92 Å². The summed E-state index contributed by atoms with van der Waals surface area (Å²) in [5, 5.41) is 12.6. The van der Waals surface area contributed by atoms with E-state index in [0.29, 0.717) is 57.3 Å². The normalized spacial score (nSPS) is 21.5. The van der Waals surface area contributed by atoms with E-state index in [2.05, 4.69) is 41.3 Å². The minimum Gasteiger partial charge on any atom is -0.508 e. The highest BCUT2D eigenvalue weighted by Crippen LogP contribution is 2.36. The number of anilines is 2. The van der Waals surface area contributed by atoms with Gasteiger partial charge in [-0.2, -0.15) is 9.97 Å². The van der Waals surface area contributed by atoms with Crippen LogP contribution in [0.5, 0.6) is 11.8 Å². The molecule has 9 nitrogen and oxygen atoms in total. The molecule has 1 amide bonds. The molecule has 2 fully saturated rings. The molecule has 9 heteroatoms. The lowest BCUT2D eigenvalue weighted by molar-refractivity contribution is -0.126. The quantitative estimate of drug-likeness (QED) is 0.474. The molecule has 0 saturated carbocycles. The monoisotopic (exact) mass is 542 g/mol. The van der Waals surface area contributed by atoms with Crippen molar-refractivity contribution in [2.45, 2.75) is 32.4 Å². The molecule has 40 heavy (non-hydrogen) atoms. The van der Waals surface area contributed by atoms with Gasteiger partial charge < -0.3 is 24.5 Å². The van der Waals surface area contributed by atoms with Crippen molar-refractivity contribution in [1.29, 1.82) is 0 Å². The van der Waals surface area contributed by atoms with Gasteiger partial charge in [-0.05, 0) is 43.3 Å². The van der Waals surface area contributed by atoms with Crippen molar-refractivity contribution < 1.29 is 14.6 Å². The zero-order valence-corrected chi connectivity index (χ0v) is 23.4. The fraction of sp³-hybridized carbons (Fsp3) is 0.452. The van der Waals surface area contributed by atoms with Crippen LogP contribution in [0.1, 0.15) is 24.6 Å². The third-order valence-corrected chi connectivity index (χ3v) is 8.56. The Labute approximate surface area is 235 Å². The number of ether oxygens (including phenoxy) is 1. The van der Waals surface area contributed by atoms with Gasteiger partial charge in [0.15, 0.2) is 0 Å². The lowest BCUT2D eigenvalue weighted by Crippen LogP contribution is -2.49. The number of amides is 1. The van der Waals surface area contributed by atoms with Gasteiger partial charge in [0.2, 0.25) is 5.91 Å². The van der Waals surface area contributed by atoms with Crippen LogP contribution in [0.2, 0.25) is 0 Å². The molecule has 0 spiro atoms. The molecule has 3 aliphatic heterocycles. The summed E-state index contributed by atoms with van der Waals surface area (Å²) in [6, 6.07) is 12.6. The second-order valence-electron chi connectivity index (χ2n) is 11.4. The van der Waals surface area contributed by atoms with E-state index in [0.717, 1.165) is 59.5 Å². The number of carbonyl (C=O) groups is 1. The van der Waals surface area contributed by atoms with Gasteiger partial charge in [0.1, 0.15) is 18.2 Å². The van der Waals surface area contributed by atoms with Crippen molar-refractivity contribution in [3.63, 3.8) is 0 Å². The molecule has 0 aliphatic carbocycles. The second kappa shape index (κ2) is 11.0. The molecule has 0 bridgehead atoms. The Hall–Kier alpha value is -3.85. The number of nitrogens with zero attached hydrogens (tertiary/aromatic N) is 6. The van der Waals surface area contributed by atoms with E-state index >= 15 is 0 Å². The number of phenols is 1. The van der Waals surface area contributed by atoms with Gasteiger partial charge in [-0.25, -0.2) is 0 Å². The average Bonchev–Trinajstić information content (AvgIpc) is 3.30. The molecule has 3 aromatic rings. The third kappa shape index (κ3) is 5.18. The highest BCUT2D eigenvalue weighted by Gasteiger charge is 2.31. The van der Waals surface area contributed by atoms with Gasteiger partial charge >= 0.3 is 6.01 Å². The van der Waals surface area contributed by atoms with Gasteiger partial charge in [-0.15, -0.1) is 0 Å². The Morgan fingerprint density at radius 2 is 1.93 bits per heavy atom. The molecular formula is C31H38N6O3. The number of hydrogen-bond donors (Lipinski definition) is 1. The maximum Gasteiger partial charge on any atom is 0.318 e. The fourth-order valence-corrected chi connectivity index (χ4v) is 6.45. The molecular weight excluding hydrogens is 504 g/mol. The summed E-state index contributed by atoms with van der Waals surface area (Å²) in [5.41, 5.74) is 3.10. The van der Waals surface area contributed by atoms with Crippen LogP contribution in [0.25, 0.3) is 10.8 Å². The van der Waals surface area contributed by atoms with Crippen LogP contribution in [0.3, 0.4) is 0 Å². The Kier molecular flexibility index (Phi) is 7.23. The fourth-order valence-electron chi connectivity index (χ4n) is 6.45. The molecule has 1 aromatic heterocycles. The van der Waals surface area contributed by atoms with E-state index in [-0.39, 0.29) is 11.7 Å². The first-order chi connectivity index (χ1) is 19.4. The number of likely N-dealkylation sites (tertiary alicyclic amines) is 1. The minimum atomic E-state index is -0.0303. The van der Waals surface area contributed by atoms with E-state index < -0.39 is 0 Å². The van der Waals surface area contributed by atoms with Crippen LogP contribution in [-0.2, 0) is 17.8 Å². The number of aromatic nitrogens is 2. The second-order valence-corrected chi connectivity index (χ2v) is 11.4. The van der Waals surface area contributed by atoms with Crippen LogP contribution >= 0.6 is 0 Å². The first-order valence-electron chi connectivity index (χ1n) is 14.3. The van der Waals surface area contributed by atoms with Crippen molar-refractivity contribution in [3.8, 4) is 11.8 Å². The number of piperazine rings is 1. The Morgan fingerprint density at radius 3 is 2.67 bits per heavy atom. The maximum atomic E-state index is 12.2. The number of hydrogen-bond acceptors (Lipinski definition) is 8. The highest BCUT2D eigenvalue weighted by atomic mass is 16.5. The number of likely N-dealkylation sites (N-methyl/N-ethyl adjacent to an activating group) is 1. The number of carbonyl (C=O) groups excluding carboxylic acids is 1. The SMILES string of the molecule is C=CC(=O)N1CCN(c2nc(OC[C@@H]3C[C@@H](C)CN3C)nc3c2CCN(c2cc(O)cc4ccccc24)C3)CC1. The zero-order valence-electron chi connectivity index (χ0n) is 23.4. The third-order valence-electron chi connectivity index (χ3n) is 8.56. The summed E-state index contributed by atoms with van der Waals surface area (Å²) in [7, 11) is 2.15. The molecule has 1 N–H and O–H groups in total. The molecule has 0 unspecified atom stereocenters. The Bertz CT molecular complexity index is 1420. The average molecular weight is 543 g/mol. The topological polar surface area (TPSA) is 85.3 Å². The summed E-state index contributed by atoms with van der Waals surface area (Å²) in [5.74, 6) is 1.80. The summed E-state index contributed by atoms with van der Waals surface area (Å²) in [6.45, 7) is 11.6. The molecule has 2 saturated heterocycles. The van der Waals surface area contributed by atoms with E-state index in [9.17, 15) is 9.90 Å². The van der Waals surface area contributed by atoms with Crippen molar-refractivity contribution >= 4 is 28.2 Å². The molecule has 4 heterocycles. The highest BCUT2D eigenvalue weighted by molar-refractivity contribution is 5.95.